The van der Waals surface area contributed by atoms with Crippen LogP contribution < -0.4 is 10.1 Å². The molecule has 0 unspecified atom stereocenters. The van der Waals surface area contributed by atoms with Crippen molar-refractivity contribution in [3.05, 3.63) is 54.6 Å². The zero-order chi connectivity index (χ0) is 13.3. The van der Waals surface area contributed by atoms with Gasteiger partial charge < -0.3 is 10.1 Å². The van der Waals surface area contributed by atoms with E-state index < -0.39 is 0 Å². The first-order valence-electron chi connectivity index (χ1n) is 6.89. The predicted octanol–water partition coefficient (Wildman–Crippen LogP) is 3.73. The van der Waals surface area contributed by atoms with E-state index in [0.29, 0.717) is 0 Å². The SMILES string of the molecule is CCNCCCOc1ccc(-c2ccccc2)cc1. The van der Waals surface area contributed by atoms with Crippen molar-refractivity contribution in [2.45, 2.75) is 13.3 Å². The molecule has 1 N–H and O–H groups in total. The third-order valence-corrected chi connectivity index (χ3v) is 2.98. The molecule has 0 heterocycles. The summed E-state index contributed by atoms with van der Waals surface area (Å²) < 4.78 is 5.70. The Labute approximate surface area is 115 Å². The maximum Gasteiger partial charge on any atom is 0.119 e. The molecule has 2 aromatic carbocycles. The van der Waals surface area contributed by atoms with Crippen LogP contribution in [0.15, 0.2) is 54.6 Å². The fourth-order valence-corrected chi connectivity index (χ4v) is 1.94. The van der Waals surface area contributed by atoms with Crippen molar-refractivity contribution < 1.29 is 4.74 Å². The summed E-state index contributed by atoms with van der Waals surface area (Å²) in [4.78, 5) is 0. The summed E-state index contributed by atoms with van der Waals surface area (Å²) in [5.74, 6) is 0.941. The Kier molecular flexibility index (Phi) is 5.45. The Morgan fingerprint density at radius 3 is 2.26 bits per heavy atom. The summed E-state index contributed by atoms with van der Waals surface area (Å²) in [7, 11) is 0. The molecule has 0 saturated heterocycles. The van der Waals surface area contributed by atoms with Crippen molar-refractivity contribution in [1.82, 2.24) is 5.32 Å². The van der Waals surface area contributed by atoms with Crippen LogP contribution in [0.25, 0.3) is 11.1 Å². The van der Waals surface area contributed by atoms with Gasteiger partial charge in [-0.1, -0.05) is 49.4 Å². The molecule has 19 heavy (non-hydrogen) atoms. The number of hydrogen-bond donors (Lipinski definition) is 1. The molecule has 0 aliphatic carbocycles. The fraction of sp³-hybridized carbons (Fsp3) is 0.294. The highest BCUT2D eigenvalue weighted by Crippen LogP contribution is 2.21. The van der Waals surface area contributed by atoms with Crippen LogP contribution in [-0.2, 0) is 0 Å². The summed E-state index contributed by atoms with van der Waals surface area (Å²) in [5, 5.41) is 3.29. The van der Waals surface area contributed by atoms with E-state index in [-0.39, 0.29) is 0 Å². The van der Waals surface area contributed by atoms with Gasteiger partial charge in [-0.3, -0.25) is 0 Å². The minimum atomic E-state index is 0.762. The summed E-state index contributed by atoms with van der Waals surface area (Å²) >= 11 is 0. The molecule has 0 fully saturated rings. The topological polar surface area (TPSA) is 21.3 Å². The van der Waals surface area contributed by atoms with E-state index in [1.54, 1.807) is 0 Å². The summed E-state index contributed by atoms with van der Waals surface area (Å²) in [6.07, 6.45) is 1.04. The third-order valence-electron chi connectivity index (χ3n) is 2.98. The summed E-state index contributed by atoms with van der Waals surface area (Å²) in [6.45, 7) is 4.91. The zero-order valence-corrected chi connectivity index (χ0v) is 11.4. The minimum Gasteiger partial charge on any atom is -0.494 e. The molecular formula is C17H21NO. The van der Waals surface area contributed by atoms with Crippen LogP contribution >= 0.6 is 0 Å². The highest BCUT2D eigenvalue weighted by molar-refractivity contribution is 5.63. The standard InChI is InChI=1S/C17H21NO/c1-2-18-13-6-14-19-17-11-9-16(10-12-17)15-7-4-3-5-8-15/h3-5,7-12,18H,2,6,13-14H2,1H3. The van der Waals surface area contributed by atoms with Gasteiger partial charge in [-0.15, -0.1) is 0 Å². The van der Waals surface area contributed by atoms with Gasteiger partial charge in [0.2, 0.25) is 0 Å². The molecular weight excluding hydrogens is 234 g/mol. The fourth-order valence-electron chi connectivity index (χ4n) is 1.94. The Balaban J connectivity index is 1.85. The third kappa shape index (κ3) is 4.42. The van der Waals surface area contributed by atoms with Gasteiger partial charge in [0.1, 0.15) is 5.75 Å². The second-order valence-electron chi connectivity index (χ2n) is 4.45. The Hall–Kier alpha value is -1.80. The molecule has 2 nitrogen and oxygen atoms in total. The average molecular weight is 255 g/mol. The van der Waals surface area contributed by atoms with Crippen LogP contribution in [-0.4, -0.2) is 19.7 Å². The van der Waals surface area contributed by atoms with Crippen molar-refractivity contribution in [3.63, 3.8) is 0 Å². The quantitative estimate of drug-likeness (QED) is 0.761. The second-order valence-corrected chi connectivity index (χ2v) is 4.45. The molecule has 0 aromatic heterocycles. The van der Waals surface area contributed by atoms with Crippen LogP contribution in [0.1, 0.15) is 13.3 Å². The molecule has 0 radical (unpaired) electrons. The van der Waals surface area contributed by atoms with Gasteiger partial charge in [0.15, 0.2) is 0 Å². The maximum absolute atomic E-state index is 5.70. The van der Waals surface area contributed by atoms with Gasteiger partial charge in [-0.05, 0) is 42.8 Å². The largest absolute Gasteiger partial charge is 0.494 e. The second kappa shape index (κ2) is 7.59. The van der Waals surface area contributed by atoms with Crippen LogP contribution in [0.2, 0.25) is 0 Å². The molecule has 2 heteroatoms. The van der Waals surface area contributed by atoms with Gasteiger partial charge in [0.25, 0.3) is 0 Å². The van der Waals surface area contributed by atoms with E-state index >= 15 is 0 Å². The van der Waals surface area contributed by atoms with Crippen LogP contribution in [0.3, 0.4) is 0 Å². The number of nitrogens with one attached hydrogen (secondary N) is 1. The minimum absolute atomic E-state index is 0.762. The van der Waals surface area contributed by atoms with Gasteiger partial charge in [0, 0.05) is 0 Å². The van der Waals surface area contributed by atoms with E-state index in [0.717, 1.165) is 31.9 Å². The summed E-state index contributed by atoms with van der Waals surface area (Å²) in [6, 6.07) is 18.7. The smallest absolute Gasteiger partial charge is 0.119 e. The number of benzene rings is 2. The number of hydrogen-bond acceptors (Lipinski definition) is 2. The van der Waals surface area contributed by atoms with Crippen LogP contribution in [0, 0.1) is 0 Å². The average Bonchev–Trinajstić information content (AvgIpc) is 2.49. The van der Waals surface area contributed by atoms with Crippen molar-refractivity contribution in [1.29, 1.82) is 0 Å². The van der Waals surface area contributed by atoms with Crippen molar-refractivity contribution in [2.75, 3.05) is 19.7 Å². The molecule has 2 aromatic rings. The molecule has 0 aliphatic rings. The highest BCUT2D eigenvalue weighted by atomic mass is 16.5. The molecule has 0 saturated carbocycles. The highest BCUT2D eigenvalue weighted by Gasteiger charge is 1.98. The van der Waals surface area contributed by atoms with Crippen LogP contribution in [0.4, 0.5) is 0 Å². The van der Waals surface area contributed by atoms with Gasteiger partial charge in [-0.25, -0.2) is 0 Å². The Morgan fingerprint density at radius 2 is 1.58 bits per heavy atom. The molecule has 0 atom stereocenters. The molecule has 2 rings (SSSR count). The zero-order valence-electron chi connectivity index (χ0n) is 11.4. The molecule has 0 spiro atoms. The first-order valence-corrected chi connectivity index (χ1v) is 6.89. The monoisotopic (exact) mass is 255 g/mol. The first-order chi connectivity index (χ1) is 9.40. The molecule has 0 aliphatic heterocycles. The summed E-state index contributed by atoms with van der Waals surface area (Å²) in [5.41, 5.74) is 2.46. The van der Waals surface area contributed by atoms with Gasteiger partial charge >= 0.3 is 0 Å². The van der Waals surface area contributed by atoms with E-state index in [4.69, 9.17) is 4.74 Å². The van der Waals surface area contributed by atoms with E-state index in [9.17, 15) is 0 Å². The lowest BCUT2D eigenvalue weighted by Gasteiger charge is -2.07. The van der Waals surface area contributed by atoms with E-state index in [1.165, 1.54) is 11.1 Å². The Bertz CT molecular complexity index is 464. The molecule has 0 amide bonds. The van der Waals surface area contributed by atoms with Gasteiger partial charge in [0.05, 0.1) is 6.61 Å². The van der Waals surface area contributed by atoms with Crippen molar-refractivity contribution >= 4 is 0 Å². The lowest BCUT2D eigenvalue weighted by atomic mass is 10.1. The van der Waals surface area contributed by atoms with E-state index in [1.807, 2.05) is 18.2 Å². The molecule has 0 bridgehead atoms. The van der Waals surface area contributed by atoms with Crippen molar-refractivity contribution in [2.24, 2.45) is 0 Å². The number of rotatable bonds is 7. The predicted molar refractivity (Wildman–Crippen MR) is 80.5 cm³/mol. The number of ether oxygens (including phenoxy) is 1. The normalized spacial score (nSPS) is 10.4. The maximum atomic E-state index is 5.70. The van der Waals surface area contributed by atoms with Crippen LogP contribution in [0.5, 0.6) is 5.75 Å². The van der Waals surface area contributed by atoms with Gasteiger partial charge in [-0.2, -0.15) is 0 Å². The lowest BCUT2D eigenvalue weighted by molar-refractivity contribution is 0.309. The lowest BCUT2D eigenvalue weighted by Crippen LogP contribution is -2.16. The van der Waals surface area contributed by atoms with E-state index in [2.05, 4.69) is 48.6 Å². The Morgan fingerprint density at radius 1 is 0.895 bits per heavy atom. The van der Waals surface area contributed by atoms with Crippen molar-refractivity contribution in [3.8, 4) is 16.9 Å². The molecule has 100 valence electrons. The first kappa shape index (κ1) is 13.6.